The van der Waals surface area contributed by atoms with Crippen LogP contribution < -0.4 is 19.0 Å². The molecule has 1 aliphatic carbocycles. The number of rotatable bonds is 11. The van der Waals surface area contributed by atoms with E-state index in [1.165, 1.54) is 42.4 Å². The molecule has 10 heteroatoms. The number of hydrogen-bond donors (Lipinski definition) is 0. The number of alkyl halides is 2. The molecule has 1 unspecified atom stereocenters. The summed E-state index contributed by atoms with van der Waals surface area (Å²) in [6.07, 6.45) is 4.48. The number of halogens is 4. The van der Waals surface area contributed by atoms with Gasteiger partial charge in [0.25, 0.3) is 6.47 Å². The van der Waals surface area contributed by atoms with E-state index < -0.39 is 12.7 Å². The molecule has 2 aromatic rings. The Morgan fingerprint density at radius 1 is 1.20 bits per heavy atom. The lowest BCUT2D eigenvalue weighted by Gasteiger charge is -2.19. The molecule has 1 aromatic heterocycles. The van der Waals surface area contributed by atoms with Crippen molar-refractivity contribution in [2.45, 2.75) is 32.0 Å². The lowest BCUT2D eigenvalue weighted by Crippen LogP contribution is -2.40. The van der Waals surface area contributed by atoms with Crippen molar-refractivity contribution in [3.63, 3.8) is 0 Å². The Hall–Kier alpha value is -2.32. The third kappa shape index (κ3) is 5.86. The van der Waals surface area contributed by atoms with Gasteiger partial charge in [0.2, 0.25) is 12.4 Å². The predicted octanol–water partition coefficient (Wildman–Crippen LogP) is 4.19. The monoisotopic (exact) mass is 462 g/mol. The van der Waals surface area contributed by atoms with E-state index in [9.17, 15) is 13.6 Å². The molecular formula is C20H20Cl2F2NO5+. The van der Waals surface area contributed by atoms with Crippen LogP contribution in [0.25, 0.3) is 0 Å². The number of carbonyl (C=O) groups excluding carboxylic acids is 1. The SMILES string of the molecule is CO[n+]1cc(Cl)c(CC(OC=O)c2ccc(OC(F)F)c(OCC3CC3)c2)c(Cl)c1. The number of ether oxygens (including phenoxy) is 3. The van der Waals surface area contributed by atoms with E-state index >= 15 is 0 Å². The van der Waals surface area contributed by atoms with E-state index in [0.717, 1.165) is 12.8 Å². The number of nitrogens with zero attached hydrogens (tertiary/aromatic N) is 1. The molecule has 1 saturated carbocycles. The lowest BCUT2D eigenvalue weighted by molar-refractivity contribution is -0.885. The fourth-order valence-corrected chi connectivity index (χ4v) is 3.45. The van der Waals surface area contributed by atoms with Crippen molar-refractivity contribution in [2.24, 2.45) is 5.92 Å². The molecule has 0 spiro atoms. The van der Waals surface area contributed by atoms with Gasteiger partial charge in [-0.1, -0.05) is 29.3 Å². The normalized spacial score (nSPS) is 14.3. The minimum absolute atomic E-state index is 0.0869. The molecule has 1 atom stereocenters. The maximum absolute atomic E-state index is 12.7. The van der Waals surface area contributed by atoms with Gasteiger partial charge in [0.15, 0.2) is 11.5 Å². The standard InChI is InChI=1S/C20H20Cl2F2NO5/c1-27-25-8-15(21)14(16(22)9-25)7-18(29-11-26)13-4-5-17(30-20(23)24)19(6-13)28-10-12-2-3-12/h4-6,8-9,11-12,18,20H,2-3,7,10H2,1H3/q+1. The van der Waals surface area contributed by atoms with Gasteiger partial charge in [-0.3, -0.25) is 9.63 Å². The van der Waals surface area contributed by atoms with Crippen molar-refractivity contribution in [2.75, 3.05) is 13.7 Å². The molecule has 3 rings (SSSR count). The molecule has 1 aromatic carbocycles. The van der Waals surface area contributed by atoms with E-state index in [2.05, 4.69) is 4.74 Å². The number of benzene rings is 1. The molecule has 1 fully saturated rings. The molecule has 30 heavy (non-hydrogen) atoms. The first-order chi connectivity index (χ1) is 14.4. The van der Waals surface area contributed by atoms with Crippen LogP contribution in [-0.2, 0) is 16.0 Å². The zero-order valence-corrected chi connectivity index (χ0v) is 17.5. The maximum Gasteiger partial charge on any atom is 0.387 e. The molecule has 1 heterocycles. The van der Waals surface area contributed by atoms with Crippen molar-refractivity contribution >= 4 is 29.7 Å². The van der Waals surface area contributed by atoms with Gasteiger partial charge in [-0.15, -0.1) is 0 Å². The number of hydrogen-bond acceptors (Lipinski definition) is 5. The van der Waals surface area contributed by atoms with Gasteiger partial charge in [-0.25, -0.2) is 0 Å². The first kappa shape index (κ1) is 22.4. The summed E-state index contributed by atoms with van der Waals surface area (Å²) in [4.78, 5) is 16.2. The van der Waals surface area contributed by atoms with Gasteiger partial charge in [0.05, 0.1) is 6.61 Å². The topological polar surface area (TPSA) is 57.9 Å². The third-order valence-electron chi connectivity index (χ3n) is 4.60. The molecule has 0 bridgehead atoms. The summed E-state index contributed by atoms with van der Waals surface area (Å²) in [5.74, 6) is 0.474. The Bertz CT molecular complexity index is 872. The predicted molar refractivity (Wildman–Crippen MR) is 104 cm³/mol. The Balaban J connectivity index is 1.89. The summed E-state index contributed by atoms with van der Waals surface area (Å²) in [5.41, 5.74) is 1.05. The minimum Gasteiger partial charge on any atom is -0.489 e. The fraction of sp³-hybridized carbons (Fsp3) is 0.400. The molecule has 0 aliphatic heterocycles. The van der Waals surface area contributed by atoms with Crippen LogP contribution in [0.2, 0.25) is 10.0 Å². The smallest absolute Gasteiger partial charge is 0.387 e. The van der Waals surface area contributed by atoms with Gasteiger partial charge in [0, 0.05) is 16.7 Å². The highest BCUT2D eigenvalue weighted by molar-refractivity contribution is 6.35. The van der Waals surface area contributed by atoms with Gasteiger partial charge in [-0.05, 0) is 36.5 Å². The average molecular weight is 463 g/mol. The van der Waals surface area contributed by atoms with Crippen molar-refractivity contribution < 1.29 is 37.4 Å². The summed E-state index contributed by atoms with van der Waals surface area (Å²) in [6.45, 7) is -2.29. The molecule has 1 aliphatic rings. The Labute approximate surface area is 182 Å². The van der Waals surface area contributed by atoms with Crippen LogP contribution in [0.1, 0.15) is 30.1 Å². The highest BCUT2D eigenvalue weighted by Crippen LogP contribution is 2.37. The van der Waals surface area contributed by atoms with Gasteiger partial charge in [0.1, 0.15) is 23.3 Å². The first-order valence-corrected chi connectivity index (χ1v) is 9.91. The third-order valence-corrected chi connectivity index (χ3v) is 5.26. The molecule has 0 N–H and O–H groups in total. The zero-order valence-electron chi connectivity index (χ0n) is 16.0. The van der Waals surface area contributed by atoms with E-state index in [0.29, 0.717) is 40.2 Å². The van der Waals surface area contributed by atoms with Gasteiger partial charge in [-0.2, -0.15) is 8.78 Å². The molecule has 0 radical (unpaired) electrons. The lowest BCUT2D eigenvalue weighted by atomic mass is 10.0. The second kappa shape index (κ2) is 10.1. The van der Waals surface area contributed by atoms with Crippen molar-refractivity contribution in [3.05, 3.63) is 51.8 Å². The Morgan fingerprint density at radius 3 is 2.47 bits per heavy atom. The molecular weight excluding hydrogens is 443 g/mol. The van der Waals surface area contributed by atoms with Crippen molar-refractivity contribution in [1.82, 2.24) is 0 Å². The number of pyridine rings is 1. The highest BCUT2D eigenvalue weighted by atomic mass is 35.5. The summed E-state index contributed by atoms with van der Waals surface area (Å²) < 4.78 is 42.3. The Morgan fingerprint density at radius 2 is 1.90 bits per heavy atom. The van der Waals surface area contributed by atoms with Crippen LogP contribution in [0.3, 0.4) is 0 Å². The number of aromatic nitrogens is 1. The van der Waals surface area contributed by atoms with Crippen LogP contribution in [-0.4, -0.2) is 26.8 Å². The number of carbonyl (C=O) groups is 1. The summed E-state index contributed by atoms with van der Waals surface area (Å²) in [5, 5.41) is 0.624. The highest BCUT2D eigenvalue weighted by Gasteiger charge is 2.25. The largest absolute Gasteiger partial charge is 0.489 e. The van der Waals surface area contributed by atoms with E-state index in [1.54, 1.807) is 0 Å². The van der Waals surface area contributed by atoms with Crippen LogP contribution >= 0.6 is 23.2 Å². The second-order valence-corrected chi connectivity index (χ2v) is 7.55. The first-order valence-electron chi connectivity index (χ1n) is 9.15. The second-order valence-electron chi connectivity index (χ2n) is 6.74. The molecule has 0 saturated heterocycles. The molecule has 162 valence electrons. The Kier molecular flexibility index (Phi) is 7.55. The zero-order chi connectivity index (χ0) is 21.7. The van der Waals surface area contributed by atoms with Crippen LogP contribution in [0.5, 0.6) is 11.5 Å². The molecule has 0 amide bonds. The minimum atomic E-state index is -2.99. The average Bonchev–Trinajstić information content (AvgIpc) is 3.53. The summed E-state index contributed by atoms with van der Waals surface area (Å²) >= 11 is 12.6. The quantitative estimate of drug-likeness (QED) is 0.370. The van der Waals surface area contributed by atoms with Gasteiger partial charge >= 0.3 is 6.61 Å². The van der Waals surface area contributed by atoms with Crippen LogP contribution in [0.15, 0.2) is 30.6 Å². The molecule has 6 nitrogen and oxygen atoms in total. The van der Waals surface area contributed by atoms with E-state index in [4.69, 9.17) is 37.5 Å². The van der Waals surface area contributed by atoms with Crippen LogP contribution in [0, 0.1) is 5.92 Å². The van der Waals surface area contributed by atoms with Crippen LogP contribution in [0.4, 0.5) is 8.78 Å². The van der Waals surface area contributed by atoms with Crippen molar-refractivity contribution in [3.8, 4) is 11.5 Å². The maximum atomic E-state index is 12.7. The van der Waals surface area contributed by atoms with E-state index in [-0.39, 0.29) is 17.9 Å². The van der Waals surface area contributed by atoms with E-state index in [1.807, 2.05) is 0 Å². The van der Waals surface area contributed by atoms with Crippen molar-refractivity contribution in [1.29, 1.82) is 0 Å². The fourth-order valence-electron chi connectivity index (χ4n) is 2.85. The van der Waals surface area contributed by atoms with Gasteiger partial charge < -0.3 is 14.2 Å². The summed E-state index contributed by atoms with van der Waals surface area (Å²) in [6, 6.07) is 4.41. The summed E-state index contributed by atoms with van der Waals surface area (Å²) in [7, 11) is 1.46.